The Bertz CT molecular complexity index is 1160. The molecule has 2 heterocycles. The van der Waals surface area contributed by atoms with Crippen molar-refractivity contribution in [2.24, 2.45) is 0 Å². The molecule has 0 fully saturated rings. The number of fused-ring (bicyclic) bond motifs is 4. The zero-order chi connectivity index (χ0) is 15.2. The minimum absolute atomic E-state index is 1.01. The Morgan fingerprint density at radius 1 is 0.739 bits per heavy atom. The fraction of sp³-hybridized carbons (Fsp3) is 0. The molecule has 108 valence electrons. The highest BCUT2D eigenvalue weighted by Crippen LogP contribution is 2.39. The maximum absolute atomic E-state index is 4.56. The van der Waals surface area contributed by atoms with Gasteiger partial charge in [-0.3, -0.25) is 0 Å². The highest BCUT2D eigenvalue weighted by molar-refractivity contribution is 7.26. The molecule has 3 heteroatoms. The summed E-state index contributed by atoms with van der Waals surface area (Å²) < 4.78 is 2.42. The number of nitrogens with zero attached hydrogens (tertiary/aromatic N) is 2. The summed E-state index contributed by atoms with van der Waals surface area (Å²) in [6.45, 7) is 0. The van der Waals surface area contributed by atoms with Gasteiger partial charge in [0.25, 0.3) is 0 Å². The SMILES string of the molecule is c1ccc(-c2ncnc3c2sc2cc4ccccc4cc23)cc1. The molecule has 0 aliphatic rings. The predicted octanol–water partition coefficient (Wildman–Crippen LogP) is 5.66. The van der Waals surface area contributed by atoms with E-state index in [9.17, 15) is 0 Å². The maximum Gasteiger partial charge on any atom is 0.116 e. The van der Waals surface area contributed by atoms with Crippen LogP contribution in [0.5, 0.6) is 0 Å². The summed E-state index contributed by atoms with van der Waals surface area (Å²) in [6.07, 6.45) is 1.67. The van der Waals surface area contributed by atoms with Crippen LogP contribution in [-0.4, -0.2) is 9.97 Å². The number of hydrogen-bond donors (Lipinski definition) is 0. The molecule has 0 atom stereocenters. The Labute approximate surface area is 137 Å². The molecule has 0 radical (unpaired) electrons. The van der Waals surface area contributed by atoms with Gasteiger partial charge in [-0.1, -0.05) is 54.6 Å². The Hall–Kier alpha value is -2.78. The molecule has 0 amide bonds. The lowest BCUT2D eigenvalue weighted by Crippen LogP contribution is -1.85. The van der Waals surface area contributed by atoms with Crippen molar-refractivity contribution in [1.29, 1.82) is 0 Å². The summed E-state index contributed by atoms with van der Waals surface area (Å²) in [5.41, 5.74) is 3.20. The van der Waals surface area contributed by atoms with Crippen LogP contribution >= 0.6 is 11.3 Å². The summed E-state index contributed by atoms with van der Waals surface area (Å²) in [5.74, 6) is 0. The molecule has 0 N–H and O–H groups in total. The van der Waals surface area contributed by atoms with Crippen molar-refractivity contribution < 1.29 is 0 Å². The summed E-state index contributed by atoms with van der Waals surface area (Å²) in [7, 11) is 0. The minimum atomic E-state index is 1.01. The molecular weight excluding hydrogens is 300 g/mol. The monoisotopic (exact) mass is 312 g/mol. The van der Waals surface area contributed by atoms with E-state index in [2.05, 4.69) is 58.5 Å². The van der Waals surface area contributed by atoms with E-state index in [0.29, 0.717) is 0 Å². The van der Waals surface area contributed by atoms with Crippen molar-refractivity contribution in [2.75, 3.05) is 0 Å². The van der Waals surface area contributed by atoms with Gasteiger partial charge in [0.2, 0.25) is 0 Å². The first-order valence-corrected chi connectivity index (χ1v) is 8.33. The molecule has 0 saturated carbocycles. The molecule has 2 nitrogen and oxygen atoms in total. The Morgan fingerprint density at radius 2 is 1.48 bits per heavy atom. The molecule has 0 unspecified atom stereocenters. The molecule has 0 bridgehead atoms. The van der Waals surface area contributed by atoms with Crippen LogP contribution in [0.1, 0.15) is 0 Å². The average molecular weight is 312 g/mol. The summed E-state index contributed by atoms with van der Waals surface area (Å²) in [5, 5.41) is 3.73. The fourth-order valence-electron chi connectivity index (χ4n) is 3.06. The van der Waals surface area contributed by atoms with Gasteiger partial charge in [0.1, 0.15) is 6.33 Å². The van der Waals surface area contributed by atoms with Crippen LogP contribution in [0.2, 0.25) is 0 Å². The molecule has 0 aliphatic heterocycles. The van der Waals surface area contributed by atoms with Gasteiger partial charge >= 0.3 is 0 Å². The lowest BCUT2D eigenvalue weighted by molar-refractivity contribution is 1.24. The Kier molecular flexibility index (Phi) is 2.69. The first-order valence-electron chi connectivity index (χ1n) is 7.51. The van der Waals surface area contributed by atoms with Crippen LogP contribution in [0.4, 0.5) is 0 Å². The van der Waals surface area contributed by atoms with Crippen LogP contribution in [0.15, 0.2) is 73.1 Å². The molecule has 3 aromatic carbocycles. The molecule has 0 spiro atoms. The standard InChI is InChI=1S/C20H12N2S/c1-2-6-13(7-3-1)18-20-19(22-12-21-18)16-10-14-8-4-5-9-15(14)11-17(16)23-20/h1-12H. The highest BCUT2D eigenvalue weighted by atomic mass is 32.1. The smallest absolute Gasteiger partial charge is 0.116 e. The number of aromatic nitrogens is 2. The van der Waals surface area contributed by atoms with E-state index in [4.69, 9.17) is 0 Å². The van der Waals surface area contributed by atoms with Crippen LogP contribution < -0.4 is 0 Å². The number of rotatable bonds is 1. The van der Waals surface area contributed by atoms with Gasteiger partial charge in [-0.15, -0.1) is 11.3 Å². The third kappa shape index (κ3) is 1.94. The van der Waals surface area contributed by atoms with Crippen LogP contribution in [-0.2, 0) is 0 Å². The molecule has 5 aromatic rings. The summed E-state index contributed by atoms with van der Waals surface area (Å²) >= 11 is 1.77. The van der Waals surface area contributed by atoms with Gasteiger partial charge in [-0.25, -0.2) is 9.97 Å². The minimum Gasteiger partial charge on any atom is -0.235 e. The number of thiophene rings is 1. The van der Waals surface area contributed by atoms with E-state index in [1.54, 1.807) is 17.7 Å². The molecule has 23 heavy (non-hydrogen) atoms. The summed E-state index contributed by atoms with van der Waals surface area (Å²) in [4.78, 5) is 9.10. The molecule has 2 aromatic heterocycles. The van der Waals surface area contributed by atoms with Gasteiger partial charge in [0, 0.05) is 15.6 Å². The number of hydrogen-bond acceptors (Lipinski definition) is 3. The highest BCUT2D eigenvalue weighted by Gasteiger charge is 2.13. The average Bonchev–Trinajstić information content (AvgIpc) is 2.98. The van der Waals surface area contributed by atoms with Crippen LogP contribution in [0.25, 0.3) is 42.3 Å². The third-order valence-corrected chi connectivity index (χ3v) is 5.31. The second-order valence-corrected chi connectivity index (χ2v) is 6.62. The first kappa shape index (κ1) is 12.7. The Balaban J connectivity index is 1.91. The zero-order valence-corrected chi connectivity index (χ0v) is 13.0. The first-order chi connectivity index (χ1) is 11.4. The van der Waals surface area contributed by atoms with Gasteiger partial charge in [0.05, 0.1) is 15.9 Å². The van der Waals surface area contributed by atoms with Crippen molar-refractivity contribution in [2.45, 2.75) is 0 Å². The van der Waals surface area contributed by atoms with Gasteiger partial charge in [0.15, 0.2) is 0 Å². The van der Waals surface area contributed by atoms with E-state index < -0.39 is 0 Å². The van der Waals surface area contributed by atoms with Crippen molar-refractivity contribution in [3.05, 3.63) is 73.1 Å². The maximum atomic E-state index is 4.56. The van der Waals surface area contributed by atoms with E-state index in [-0.39, 0.29) is 0 Å². The second kappa shape index (κ2) is 4.86. The second-order valence-electron chi connectivity index (χ2n) is 5.56. The lowest BCUT2D eigenvalue weighted by Gasteiger charge is -2.01. The van der Waals surface area contributed by atoms with Crippen LogP contribution in [0.3, 0.4) is 0 Å². The molecule has 0 saturated heterocycles. The Morgan fingerprint density at radius 3 is 2.30 bits per heavy atom. The van der Waals surface area contributed by atoms with Crippen molar-refractivity contribution >= 4 is 42.4 Å². The van der Waals surface area contributed by atoms with Crippen LogP contribution in [0, 0.1) is 0 Å². The fourth-order valence-corrected chi connectivity index (χ4v) is 4.26. The summed E-state index contributed by atoms with van der Waals surface area (Å²) in [6, 6.07) is 23.3. The van der Waals surface area contributed by atoms with E-state index in [1.807, 2.05) is 18.2 Å². The van der Waals surface area contributed by atoms with Gasteiger partial charge in [-0.05, 0) is 22.9 Å². The molecule has 5 rings (SSSR count). The van der Waals surface area contributed by atoms with Crippen molar-refractivity contribution in [1.82, 2.24) is 9.97 Å². The topological polar surface area (TPSA) is 25.8 Å². The van der Waals surface area contributed by atoms with E-state index >= 15 is 0 Å². The predicted molar refractivity (Wildman–Crippen MR) is 97.9 cm³/mol. The third-order valence-electron chi connectivity index (χ3n) is 4.17. The largest absolute Gasteiger partial charge is 0.235 e. The van der Waals surface area contributed by atoms with Gasteiger partial charge in [-0.2, -0.15) is 0 Å². The van der Waals surface area contributed by atoms with Crippen molar-refractivity contribution in [3.63, 3.8) is 0 Å². The number of benzene rings is 3. The van der Waals surface area contributed by atoms with E-state index in [0.717, 1.165) is 21.5 Å². The normalized spacial score (nSPS) is 11.5. The molecule has 0 aliphatic carbocycles. The van der Waals surface area contributed by atoms with E-state index in [1.165, 1.54) is 20.9 Å². The zero-order valence-electron chi connectivity index (χ0n) is 12.2. The quantitative estimate of drug-likeness (QED) is 0.399. The lowest BCUT2D eigenvalue weighted by atomic mass is 10.1. The van der Waals surface area contributed by atoms with Gasteiger partial charge < -0.3 is 0 Å². The molecular formula is C20H12N2S. The van der Waals surface area contributed by atoms with Crippen molar-refractivity contribution in [3.8, 4) is 11.3 Å².